The first-order valence-corrected chi connectivity index (χ1v) is 8.44. The number of fused-ring (bicyclic) bond motifs is 1. The Balaban J connectivity index is 1.72. The summed E-state index contributed by atoms with van der Waals surface area (Å²) in [4.78, 5) is 20.4. The highest BCUT2D eigenvalue weighted by Gasteiger charge is 2.28. The van der Waals surface area contributed by atoms with Crippen LogP contribution in [0, 0.1) is 5.92 Å². The van der Waals surface area contributed by atoms with E-state index in [1.807, 2.05) is 49.4 Å². The van der Waals surface area contributed by atoms with Gasteiger partial charge in [0.05, 0.1) is 11.2 Å². The molecule has 0 bridgehead atoms. The summed E-state index contributed by atoms with van der Waals surface area (Å²) >= 11 is 0. The molecule has 4 rings (SSSR count). The van der Waals surface area contributed by atoms with Crippen LogP contribution in [0.2, 0.25) is 0 Å². The van der Waals surface area contributed by atoms with E-state index in [0.29, 0.717) is 13.0 Å². The van der Waals surface area contributed by atoms with Crippen LogP contribution in [-0.4, -0.2) is 28.5 Å². The fraction of sp³-hybridized carbons (Fsp3) is 0.250. The number of nitrogens with zero attached hydrogens (tertiary/aromatic N) is 2. The van der Waals surface area contributed by atoms with Gasteiger partial charge in [0, 0.05) is 42.2 Å². The van der Waals surface area contributed by atoms with Gasteiger partial charge >= 0.3 is 0 Å². The molecular weight excluding hydrogens is 314 g/mol. The number of hydrogen-bond donors (Lipinski definition) is 1. The first-order valence-electron chi connectivity index (χ1n) is 8.44. The number of nitrogens with one attached hydrogen (secondary N) is 1. The fourth-order valence-corrected chi connectivity index (χ4v) is 3.18. The van der Waals surface area contributed by atoms with Gasteiger partial charge in [-0.05, 0) is 43.3 Å². The Morgan fingerprint density at radius 2 is 2.04 bits per heavy atom. The fourth-order valence-electron chi connectivity index (χ4n) is 3.18. The molecule has 126 valence electrons. The molecule has 25 heavy (non-hydrogen) atoms. The second-order valence-electron chi connectivity index (χ2n) is 6.35. The molecule has 1 fully saturated rings. The average molecular weight is 333 g/mol. The number of aromatic nitrogens is 2. The highest BCUT2D eigenvalue weighted by molar-refractivity contribution is 5.89. The summed E-state index contributed by atoms with van der Waals surface area (Å²) in [5, 5.41) is 3.83. The monoisotopic (exact) mass is 333 g/mol. The lowest BCUT2D eigenvalue weighted by molar-refractivity contribution is -0.119. The number of pyridine rings is 2. The Morgan fingerprint density at radius 3 is 2.80 bits per heavy atom. The molecule has 1 amide bonds. The lowest BCUT2D eigenvalue weighted by Crippen LogP contribution is -2.25. The number of rotatable bonds is 4. The molecule has 1 saturated heterocycles. The molecule has 3 aromatic rings. The van der Waals surface area contributed by atoms with Crippen molar-refractivity contribution >= 4 is 16.8 Å². The van der Waals surface area contributed by atoms with Gasteiger partial charge in [-0.1, -0.05) is 6.07 Å². The second-order valence-corrected chi connectivity index (χ2v) is 6.35. The van der Waals surface area contributed by atoms with E-state index in [0.717, 1.165) is 27.9 Å². The van der Waals surface area contributed by atoms with Crippen molar-refractivity contribution in [3.05, 3.63) is 54.9 Å². The quantitative estimate of drug-likeness (QED) is 0.796. The van der Waals surface area contributed by atoms with Crippen LogP contribution in [-0.2, 0) is 4.79 Å². The SMILES string of the molecule is C[C@@H](Oc1cc(-c2ccccn2)cc2ncccc12)[C@H]1CNC(=O)C1. The van der Waals surface area contributed by atoms with Gasteiger partial charge in [-0.3, -0.25) is 14.8 Å². The predicted molar refractivity (Wildman–Crippen MR) is 96.2 cm³/mol. The van der Waals surface area contributed by atoms with E-state index in [2.05, 4.69) is 15.3 Å². The van der Waals surface area contributed by atoms with Crippen molar-refractivity contribution in [2.75, 3.05) is 6.54 Å². The zero-order chi connectivity index (χ0) is 17.2. The van der Waals surface area contributed by atoms with Gasteiger partial charge in [-0.25, -0.2) is 0 Å². The molecule has 1 N–H and O–H groups in total. The molecule has 1 aliphatic rings. The number of carbonyl (C=O) groups is 1. The third-order valence-electron chi connectivity index (χ3n) is 4.63. The van der Waals surface area contributed by atoms with E-state index in [4.69, 9.17) is 4.74 Å². The first-order chi connectivity index (χ1) is 12.2. The van der Waals surface area contributed by atoms with Gasteiger partial charge in [0.15, 0.2) is 0 Å². The molecular formula is C20H19N3O2. The zero-order valence-electron chi connectivity index (χ0n) is 14.0. The maximum absolute atomic E-state index is 11.5. The first kappa shape index (κ1) is 15.6. The van der Waals surface area contributed by atoms with Crippen LogP contribution in [0.5, 0.6) is 5.75 Å². The van der Waals surface area contributed by atoms with Crippen LogP contribution >= 0.6 is 0 Å². The van der Waals surface area contributed by atoms with Crippen LogP contribution in [0.3, 0.4) is 0 Å². The van der Waals surface area contributed by atoms with E-state index < -0.39 is 0 Å². The van der Waals surface area contributed by atoms with E-state index >= 15 is 0 Å². The number of ether oxygens (including phenoxy) is 1. The number of carbonyl (C=O) groups excluding carboxylic acids is 1. The van der Waals surface area contributed by atoms with Crippen LogP contribution in [0.4, 0.5) is 0 Å². The minimum absolute atomic E-state index is 0.0682. The number of hydrogen-bond acceptors (Lipinski definition) is 4. The Morgan fingerprint density at radius 1 is 1.16 bits per heavy atom. The topological polar surface area (TPSA) is 64.1 Å². The highest BCUT2D eigenvalue weighted by Crippen LogP contribution is 2.32. The van der Waals surface area contributed by atoms with Crippen molar-refractivity contribution in [1.82, 2.24) is 15.3 Å². The molecule has 1 aromatic carbocycles. The molecule has 5 nitrogen and oxygen atoms in total. The Kier molecular flexibility index (Phi) is 4.06. The normalized spacial score (nSPS) is 18.1. The zero-order valence-corrected chi connectivity index (χ0v) is 14.0. The number of benzene rings is 1. The standard InChI is InChI=1S/C20H19N3O2/c1-13(15-11-20(24)23-12-15)25-19-10-14(17-6-2-3-7-21-17)9-18-16(19)5-4-8-22-18/h2-10,13,15H,11-12H2,1H3,(H,23,24)/t13-,15-/m1/s1. The number of amides is 1. The molecule has 0 aliphatic carbocycles. The predicted octanol–water partition coefficient (Wildman–Crippen LogP) is 3.20. The molecule has 2 atom stereocenters. The van der Waals surface area contributed by atoms with Crippen LogP contribution in [0.25, 0.3) is 22.2 Å². The maximum atomic E-state index is 11.5. The smallest absolute Gasteiger partial charge is 0.220 e. The molecule has 0 spiro atoms. The van der Waals surface area contributed by atoms with Gasteiger partial charge in [0.25, 0.3) is 0 Å². The Bertz CT molecular complexity index is 911. The van der Waals surface area contributed by atoms with Gasteiger partial charge in [-0.2, -0.15) is 0 Å². The van der Waals surface area contributed by atoms with Crippen molar-refractivity contribution in [2.24, 2.45) is 5.92 Å². The Hall–Kier alpha value is -2.95. The van der Waals surface area contributed by atoms with Crippen molar-refractivity contribution in [3.63, 3.8) is 0 Å². The molecule has 0 unspecified atom stereocenters. The lowest BCUT2D eigenvalue weighted by atomic mass is 10.0. The summed E-state index contributed by atoms with van der Waals surface area (Å²) in [6, 6.07) is 13.8. The maximum Gasteiger partial charge on any atom is 0.220 e. The largest absolute Gasteiger partial charge is 0.490 e. The summed E-state index contributed by atoms with van der Waals surface area (Å²) in [6.07, 6.45) is 3.99. The van der Waals surface area contributed by atoms with Crippen LogP contribution < -0.4 is 10.1 Å². The van der Waals surface area contributed by atoms with Gasteiger partial charge in [-0.15, -0.1) is 0 Å². The van der Waals surface area contributed by atoms with E-state index in [1.165, 1.54) is 0 Å². The minimum Gasteiger partial charge on any atom is -0.490 e. The van der Waals surface area contributed by atoms with Crippen molar-refractivity contribution in [2.45, 2.75) is 19.4 Å². The van der Waals surface area contributed by atoms with E-state index in [1.54, 1.807) is 12.4 Å². The molecule has 0 saturated carbocycles. The van der Waals surface area contributed by atoms with E-state index in [-0.39, 0.29) is 17.9 Å². The molecule has 5 heteroatoms. The van der Waals surface area contributed by atoms with Crippen LogP contribution in [0.1, 0.15) is 13.3 Å². The summed E-state index contributed by atoms with van der Waals surface area (Å²) in [7, 11) is 0. The summed E-state index contributed by atoms with van der Waals surface area (Å²) in [5.74, 6) is 1.05. The summed E-state index contributed by atoms with van der Waals surface area (Å²) in [6.45, 7) is 2.68. The van der Waals surface area contributed by atoms with Crippen molar-refractivity contribution in [1.29, 1.82) is 0 Å². The highest BCUT2D eigenvalue weighted by atomic mass is 16.5. The van der Waals surface area contributed by atoms with Crippen molar-refractivity contribution in [3.8, 4) is 17.0 Å². The van der Waals surface area contributed by atoms with Gasteiger partial charge in [0.2, 0.25) is 5.91 Å². The third kappa shape index (κ3) is 3.18. The van der Waals surface area contributed by atoms with E-state index in [9.17, 15) is 4.79 Å². The lowest BCUT2D eigenvalue weighted by Gasteiger charge is -2.21. The molecule has 2 aromatic heterocycles. The van der Waals surface area contributed by atoms with Gasteiger partial charge in [0.1, 0.15) is 11.9 Å². The molecule has 0 radical (unpaired) electrons. The Labute approximate surface area is 146 Å². The minimum atomic E-state index is -0.0682. The third-order valence-corrected chi connectivity index (χ3v) is 4.63. The van der Waals surface area contributed by atoms with Crippen molar-refractivity contribution < 1.29 is 9.53 Å². The molecule has 1 aliphatic heterocycles. The van der Waals surface area contributed by atoms with Crippen LogP contribution in [0.15, 0.2) is 54.9 Å². The second kappa shape index (κ2) is 6.51. The summed E-state index contributed by atoms with van der Waals surface area (Å²) < 4.78 is 6.26. The molecule has 3 heterocycles. The average Bonchev–Trinajstić information content (AvgIpc) is 3.09. The van der Waals surface area contributed by atoms with Gasteiger partial charge < -0.3 is 10.1 Å². The summed E-state index contributed by atoms with van der Waals surface area (Å²) in [5.41, 5.74) is 2.72.